The molecule has 1 aliphatic heterocycles. The number of likely N-dealkylation sites (tertiary alicyclic amines) is 1. The number of nitrogens with zero attached hydrogens (tertiary/aromatic N) is 1. The van der Waals surface area contributed by atoms with Crippen LogP contribution in [0, 0.1) is 0 Å². The van der Waals surface area contributed by atoms with E-state index in [1.54, 1.807) is 11.1 Å². The molecular formula is C23H27NO. The molecule has 1 aliphatic carbocycles. The SMILES string of the molecule is O=C(c1ccccc1)N1CCC(c2ccccc2C2CCCC2)CC1. The molecule has 0 bridgehead atoms. The van der Waals surface area contributed by atoms with Crippen LogP contribution in [-0.2, 0) is 0 Å². The first-order valence-corrected chi connectivity index (χ1v) is 9.76. The van der Waals surface area contributed by atoms with Crippen LogP contribution in [0.15, 0.2) is 54.6 Å². The number of carbonyl (C=O) groups excluding carboxylic acids is 1. The first-order chi connectivity index (χ1) is 12.3. The predicted octanol–water partition coefficient (Wildman–Crippen LogP) is 5.36. The van der Waals surface area contributed by atoms with Gasteiger partial charge in [-0.15, -0.1) is 0 Å². The Morgan fingerprint density at radius 2 is 1.24 bits per heavy atom. The van der Waals surface area contributed by atoms with Crippen molar-refractivity contribution in [1.29, 1.82) is 0 Å². The van der Waals surface area contributed by atoms with Crippen LogP contribution in [0.1, 0.15) is 71.8 Å². The van der Waals surface area contributed by atoms with Gasteiger partial charge in [-0.25, -0.2) is 0 Å². The molecule has 0 spiro atoms. The lowest BCUT2D eigenvalue weighted by atomic mass is 9.82. The van der Waals surface area contributed by atoms with E-state index in [-0.39, 0.29) is 5.91 Å². The third-order valence-corrected chi connectivity index (χ3v) is 6.03. The highest BCUT2D eigenvalue weighted by molar-refractivity contribution is 5.94. The molecule has 1 amide bonds. The molecule has 2 heteroatoms. The van der Waals surface area contributed by atoms with Crippen LogP contribution in [0.5, 0.6) is 0 Å². The van der Waals surface area contributed by atoms with E-state index in [9.17, 15) is 4.79 Å². The van der Waals surface area contributed by atoms with Crippen LogP contribution >= 0.6 is 0 Å². The van der Waals surface area contributed by atoms with E-state index in [4.69, 9.17) is 0 Å². The fourth-order valence-corrected chi connectivity index (χ4v) is 4.65. The van der Waals surface area contributed by atoms with E-state index >= 15 is 0 Å². The van der Waals surface area contributed by atoms with Gasteiger partial charge in [-0.1, -0.05) is 55.3 Å². The van der Waals surface area contributed by atoms with Crippen LogP contribution in [0.25, 0.3) is 0 Å². The van der Waals surface area contributed by atoms with E-state index in [1.807, 2.05) is 35.2 Å². The minimum atomic E-state index is 0.183. The summed E-state index contributed by atoms with van der Waals surface area (Å²) in [6, 6.07) is 18.8. The smallest absolute Gasteiger partial charge is 0.253 e. The third-order valence-electron chi connectivity index (χ3n) is 6.03. The predicted molar refractivity (Wildman–Crippen MR) is 102 cm³/mol. The Morgan fingerprint density at radius 1 is 0.720 bits per heavy atom. The molecule has 0 atom stereocenters. The minimum Gasteiger partial charge on any atom is -0.339 e. The van der Waals surface area contributed by atoms with Gasteiger partial charge in [0.2, 0.25) is 0 Å². The topological polar surface area (TPSA) is 20.3 Å². The molecule has 25 heavy (non-hydrogen) atoms. The van der Waals surface area contributed by atoms with E-state index in [0.29, 0.717) is 5.92 Å². The number of piperidine rings is 1. The van der Waals surface area contributed by atoms with E-state index in [1.165, 1.54) is 25.7 Å². The number of carbonyl (C=O) groups is 1. The quantitative estimate of drug-likeness (QED) is 0.740. The molecule has 1 saturated heterocycles. The fraction of sp³-hybridized carbons (Fsp3) is 0.435. The van der Waals surface area contributed by atoms with Crippen molar-refractivity contribution in [2.75, 3.05) is 13.1 Å². The van der Waals surface area contributed by atoms with Crippen LogP contribution in [0.2, 0.25) is 0 Å². The second kappa shape index (κ2) is 7.43. The Balaban J connectivity index is 1.45. The second-order valence-corrected chi connectivity index (χ2v) is 7.54. The normalized spacial score (nSPS) is 19.3. The van der Waals surface area contributed by atoms with Crippen molar-refractivity contribution in [2.24, 2.45) is 0 Å². The number of amides is 1. The maximum absolute atomic E-state index is 12.6. The lowest BCUT2D eigenvalue weighted by molar-refractivity contribution is 0.0713. The summed E-state index contributed by atoms with van der Waals surface area (Å²) in [6.45, 7) is 1.74. The first kappa shape index (κ1) is 16.4. The molecule has 0 aromatic heterocycles. The molecule has 2 aromatic rings. The lowest BCUT2D eigenvalue weighted by Gasteiger charge is -2.33. The van der Waals surface area contributed by atoms with Crippen molar-refractivity contribution in [3.63, 3.8) is 0 Å². The Bertz CT molecular complexity index is 710. The Morgan fingerprint density at radius 3 is 1.84 bits per heavy atom. The maximum Gasteiger partial charge on any atom is 0.253 e. The number of hydrogen-bond donors (Lipinski definition) is 0. The van der Waals surface area contributed by atoms with E-state index in [2.05, 4.69) is 24.3 Å². The molecule has 2 fully saturated rings. The highest BCUT2D eigenvalue weighted by atomic mass is 16.2. The molecule has 1 saturated carbocycles. The molecule has 2 aliphatic rings. The molecule has 0 radical (unpaired) electrons. The van der Waals surface area contributed by atoms with Gasteiger partial charge in [0, 0.05) is 18.7 Å². The molecule has 0 unspecified atom stereocenters. The Labute approximate surface area is 150 Å². The van der Waals surface area contributed by atoms with Gasteiger partial charge in [-0.2, -0.15) is 0 Å². The van der Waals surface area contributed by atoms with Crippen LogP contribution in [0.3, 0.4) is 0 Å². The summed E-state index contributed by atoms with van der Waals surface area (Å²) in [5, 5.41) is 0. The van der Waals surface area contributed by atoms with Gasteiger partial charge in [-0.3, -0.25) is 4.79 Å². The van der Waals surface area contributed by atoms with Crippen molar-refractivity contribution in [3.8, 4) is 0 Å². The monoisotopic (exact) mass is 333 g/mol. The zero-order valence-electron chi connectivity index (χ0n) is 14.9. The summed E-state index contributed by atoms with van der Waals surface area (Å²) in [6.07, 6.45) is 7.63. The fourth-order valence-electron chi connectivity index (χ4n) is 4.65. The zero-order valence-corrected chi connectivity index (χ0v) is 14.9. The van der Waals surface area contributed by atoms with Gasteiger partial charge in [0.25, 0.3) is 5.91 Å². The van der Waals surface area contributed by atoms with Crippen molar-refractivity contribution in [1.82, 2.24) is 4.90 Å². The van der Waals surface area contributed by atoms with Gasteiger partial charge in [0.15, 0.2) is 0 Å². The zero-order chi connectivity index (χ0) is 17.1. The Hall–Kier alpha value is -2.09. The summed E-state index contributed by atoms with van der Waals surface area (Å²) >= 11 is 0. The summed E-state index contributed by atoms with van der Waals surface area (Å²) in [5.41, 5.74) is 3.96. The molecule has 130 valence electrons. The number of benzene rings is 2. The molecule has 4 rings (SSSR count). The molecular weight excluding hydrogens is 306 g/mol. The Kier molecular flexibility index (Phi) is 4.87. The molecule has 2 aromatic carbocycles. The molecule has 1 heterocycles. The number of rotatable bonds is 3. The van der Waals surface area contributed by atoms with Crippen LogP contribution < -0.4 is 0 Å². The van der Waals surface area contributed by atoms with E-state index in [0.717, 1.165) is 37.4 Å². The average Bonchev–Trinajstić information content (AvgIpc) is 3.23. The van der Waals surface area contributed by atoms with Crippen LogP contribution in [-0.4, -0.2) is 23.9 Å². The van der Waals surface area contributed by atoms with Crippen molar-refractivity contribution in [2.45, 2.75) is 50.4 Å². The maximum atomic E-state index is 12.6. The summed E-state index contributed by atoms with van der Waals surface area (Å²) < 4.78 is 0. The summed E-state index contributed by atoms with van der Waals surface area (Å²) in [5.74, 6) is 1.56. The van der Waals surface area contributed by atoms with Crippen molar-refractivity contribution < 1.29 is 4.79 Å². The van der Waals surface area contributed by atoms with Gasteiger partial charge in [-0.05, 0) is 60.8 Å². The van der Waals surface area contributed by atoms with E-state index < -0.39 is 0 Å². The van der Waals surface area contributed by atoms with Gasteiger partial charge < -0.3 is 4.90 Å². The average molecular weight is 333 g/mol. The van der Waals surface area contributed by atoms with Crippen molar-refractivity contribution in [3.05, 3.63) is 71.3 Å². The largest absolute Gasteiger partial charge is 0.339 e. The summed E-state index contributed by atoms with van der Waals surface area (Å²) in [4.78, 5) is 14.7. The second-order valence-electron chi connectivity index (χ2n) is 7.54. The molecule has 2 nitrogen and oxygen atoms in total. The van der Waals surface area contributed by atoms with Gasteiger partial charge in [0.05, 0.1) is 0 Å². The van der Waals surface area contributed by atoms with Crippen LogP contribution in [0.4, 0.5) is 0 Å². The summed E-state index contributed by atoms with van der Waals surface area (Å²) in [7, 11) is 0. The highest BCUT2D eigenvalue weighted by Gasteiger charge is 2.28. The standard InChI is InChI=1S/C23H27NO/c25-23(20-10-2-1-3-11-20)24-16-14-19(15-17-24)22-13-7-6-12-21(22)18-8-4-5-9-18/h1-3,6-7,10-13,18-19H,4-5,8-9,14-17H2. The highest BCUT2D eigenvalue weighted by Crippen LogP contribution is 2.40. The number of hydrogen-bond acceptors (Lipinski definition) is 1. The third kappa shape index (κ3) is 3.49. The van der Waals surface area contributed by atoms with Gasteiger partial charge >= 0.3 is 0 Å². The lowest BCUT2D eigenvalue weighted by Crippen LogP contribution is -2.38. The molecule has 0 N–H and O–H groups in total. The minimum absolute atomic E-state index is 0.183. The van der Waals surface area contributed by atoms with Crippen molar-refractivity contribution >= 4 is 5.91 Å². The van der Waals surface area contributed by atoms with Gasteiger partial charge in [0.1, 0.15) is 0 Å². The first-order valence-electron chi connectivity index (χ1n) is 9.76.